The van der Waals surface area contributed by atoms with E-state index in [1.165, 1.54) is 27.6 Å². The van der Waals surface area contributed by atoms with E-state index in [1.807, 2.05) is 6.20 Å². The van der Waals surface area contributed by atoms with Crippen LogP contribution < -0.4 is 0 Å². The molecule has 0 amide bonds. The van der Waals surface area contributed by atoms with Gasteiger partial charge in [-0.15, -0.1) is 0 Å². The third kappa shape index (κ3) is 1.84. The van der Waals surface area contributed by atoms with E-state index in [2.05, 4.69) is 66.9 Å². The number of hydrogen-bond donors (Lipinski definition) is 1. The third-order valence-corrected chi connectivity index (χ3v) is 3.11. The van der Waals surface area contributed by atoms with E-state index in [0.29, 0.717) is 0 Å². The Bertz CT molecular complexity index is 649. The number of rotatable bonds is 2. The summed E-state index contributed by atoms with van der Waals surface area (Å²) in [7, 11) is 0. The van der Waals surface area contributed by atoms with Crippen molar-refractivity contribution < 1.29 is 0 Å². The fourth-order valence-electron chi connectivity index (χ4n) is 2.13. The van der Waals surface area contributed by atoms with E-state index >= 15 is 0 Å². The summed E-state index contributed by atoms with van der Waals surface area (Å²) < 4.78 is 0. The number of aromatic nitrogens is 1. The summed E-state index contributed by atoms with van der Waals surface area (Å²) in [6, 6.07) is 17.2. The molecule has 1 aromatic heterocycles. The second-order valence-electron chi connectivity index (χ2n) is 4.19. The summed E-state index contributed by atoms with van der Waals surface area (Å²) in [5.41, 5.74) is 4.96. The van der Waals surface area contributed by atoms with Crippen LogP contribution in [0.3, 0.4) is 0 Å². The zero-order valence-corrected chi connectivity index (χ0v) is 9.77. The zero-order valence-electron chi connectivity index (χ0n) is 9.77. The third-order valence-electron chi connectivity index (χ3n) is 3.11. The molecule has 0 unspecified atom stereocenters. The van der Waals surface area contributed by atoms with Crippen molar-refractivity contribution >= 4 is 10.9 Å². The van der Waals surface area contributed by atoms with Crippen molar-refractivity contribution in [2.45, 2.75) is 6.92 Å². The maximum atomic E-state index is 3.25. The minimum atomic E-state index is 1.19. The summed E-state index contributed by atoms with van der Waals surface area (Å²) in [6.45, 7) is 2.06. The molecule has 2 aromatic carbocycles. The van der Waals surface area contributed by atoms with Gasteiger partial charge in [0.2, 0.25) is 0 Å². The first-order valence-corrected chi connectivity index (χ1v) is 5.84. The second kappa shape index (κ2) is 4.10. The normalized spacial score (nSPS) is 10.9. The van der Waals surface area contributed by atoms with Crippen LogP contribution >= 0.6 is 0 Å². The first-order valence-electron chi connectivity index (χ1n) is 5.84. The molecule has 0 saturated carbocycles. The summed E-state index contributed by atoms with van der Waals surface area (Å²) in [4.78, 5) is 3.25. The van der Waals surface area contributed by atoms with Crippen LogP contribution in [0.25, 0.3) is 22.0 Å². The molecule has 3 rings (SSSR count). The van der Waals surface area contributed by atoms with E-state index in [9.17, 15) is 0 Å². The fraction of sp³-hybridized carbons (Fsp3) is 0.0625. The number of H-pyrrole nitrogens is 1. The van der Waals surface area contributed by atoms with Gasteiger partial charge in [-0.1, -0.05) is 43.3 Å². The van der Waals surface area contributed by atoms with Crippen LogP contribution in [-0.2, 0) is 0 Å². The van der Waals surface area contributed by atoms with E-state index in [-0.39, 0.29) is 0 Å². The topological polar surface area (TPSA) is 15.8 Å². The molecule has 1 heteroatoms. The van der Waals surface area contributed by atoms with Crippen molar-refractivity contribution in [1.82, 2.24) is 4.98 Å². The molecule has 0 spiro atoms. The minimum Gasteiger partial charge on any atom is -0.361 e. The fourth-order valence-corrected chi connectivity index (χ4v) is 2.13. The van der Waals surface area contributed by atoms with Crippen molar-refractivity contribution in [3.8, 4) is 11.1 Å². The number of benzene rings is 2. The van der Waals surface area contributed by atoms with Crippen molar-refractivity contribution in [2.75, 3.05) is 0 Å². The molecule has 0 atom stereocenters. The number of nitrogens with one attached hydrogen (secondary N) is 1. The maximum Gasteiger partial charge on any atom is 0.0460 e. The summed E-state index contributed by atoms with van der Waals surface area (Å²) in [5.74, 6) is 0. The number of fused-ring (bicyclic) bond motifs is 1. The van der Waals surface area contributed by atoms with Crippen LogP contribution in [0.2, 0.25) is 0 Å². The molecular formula is C16H14N. The molecule has 0 aliphatic rings. The molecule has 3 aromatic rings. The van der Waals surface area contributed by atoms with E-state index < -0.39 is 0 Å². The Morgan fingerprint density at radius 1 is 0.941 bits per heavy atom. The highest BCUT2D eigenvalue weighted by Crippen LogP contribution is 2.24. The predicted molar refractivity (Wildman–Crippen MR) is 72.8 cm³/mol. The molecular weight excluding hydrogens is 206 g/mol. The van der Waals surface area contributed by atoms with Gasteiger partial charge in [-0.05, 0) is 40.6 Å². The molecule has 0 fully saturated rings. The largest absolute Gasteiger partial charge is 0.361 e. The lowest BCUT2D eigenvalue weighted by Crippen LogP contribution is -1.81. The Morgan fingerprint density at radius 2 is 1.82 bits per heavy atom. The predicted octanol–water partition coefficient (Wildman–Crippen LogP) is 4.41. The van der Waals surface area contributed by atoms with Gasteiger partial charge in [0.25, 0.3) is 0 Å². The monoisotopic (exact) mass is 220 g/mol. The first-order chi connectivity index (χ1) is 8.36. The van der Waals surface area contributed by atoms with Gasteiger partial charge in [0.15, 0.2) is 0 Å². The van der Waals surface area contributed by atoms with Gasteiger partial charge in [-0.3, -0.25) is 0 Å². The second-order valence-corrected chi connectivity index (χ2v) is 4.19. The standard InChI is InChI=1S/C16H14N/c1-2-12-4-3-5-14(10-12)15-7-6-13-8-9-17-16(13)11-15/h2-11,17H,1H3. The van der Waals surface area contributed by atoms with Gasteiger partial charge >= 0.3 is 0 Å². The van der Waals surface area contributed by atoms with Gasteiger partial charge in [0, 0.05) is 11.7 Å². The van der Waals surface area contributed by atoms with Crippen molar-refractivity contribution in [3.05, 3.63) is 66.7 Å². The van der Waals surface area contributed by atoms with Crippen molar-refractivity contribution in [2.24, 2.45) is 0 Å². The Hall–Kier alpha value is -2.02. The van der Waals surface area contributed by atoms with Crippen molar-refractivity contribution in [3.63, 3.8) is 0 Å². The van der Waals surface area contributed by atoms with Crippen LogP contribution in [0.1, 0.15) is 12.5 Å². The Kier molecular flexibility index (Phi) is 2.45. The molecule has 1 heterocycles. The first kappa shape index (κ1) is 10.2. The van der Waals surface area contributed by atoms with E-state index in [0.717, 1.165) is 0 Å². The Balaban J connectivity index is 2.12. The highest BCUT2D eigenvalue weighted by Gasteiger charge is 2.01. The highest BCUT2D eigenvalue weighted by atomic mass is 14.7. The van der Waals surface area contributed by atoms with Gasteiger partial charge in [-0.25, -0.2) is 0 Å². The van der Waals surface area contributed by atoms with E-state index in [1.54, 1.807) is 0 Å². The Labute approximate surface area is 101 Å². The smallest absolute Gasteiger partial charge is 0.0460 e. The highest BCUT2D eigenvalue weighted by molar-refractivity contribution is 5.84. The average Bonchev–Trinajstić information content (AvgIpc) is 2.86. The van der Waals surface area contributed by atoms with Crippen molar-refractivity contribution in [1.29, 1.82) is 0 Å². The zero-order chi connectivity index (χ0) is 11.7. The average molecular weight is 220 g/mol. The van der Waals surface area contributed by atoms with Crippen LogP contribution in [-0.4, -0.2) is 4.98 Å². The van der Waals surface area contributed by atoms with Gasteiger partial charge < -0.3 is 4.98 Å². The lowest BCUT2D eigenvalue weighted by Gasteiger charge is -2.04. The molecule has 0 aliphatic carbocycles. The van der Waals surface area contributed by atoms with Gasteiger partial charge in [0.05, 0.1) is 0 Å². The number of aromatic amines is 1. The minimum absolute atomic E-state index is 1.19. The lowest BCUT2D eigenvalue weighted by molar-refractivity contribution is 1.42. The molecule has 0 aliphatic heterocycles. The molecule has 1 nitrogen and oxygen atoms in total. The summed E-state index contributed by atoms with van der Waals surface area (Å²) in [5, 5.41) is 1.26. The lowest BCUT2D eigenvalue weighted by atomic mass is 10.0. The Morgan fingerprint density at radius 3 is 2.71 bits per heavy atom. The molecule has 1 radical (unpaired) electrons. The van der Waals surface area contributed by atoms with Gasteiger partial charge in [-0.2, -0.15) is 0 Å². The molecule has 0 saturated heterocycles. The molecule has 1 N–H and O–H groups in total. The number of hydrogen-bond acceptors (Lipinski definition) is 0. The molecule has 83 valence electrons. The molecule has 0 bridgehead atoms. The SMILES string of the molecule is C[CH]c1cccc(-c2ccc3cc[nH]c3c2)c1. The molecule has 17 heavy (non-hydrogen) atoms. The van der Waals surface area contributed by atoms with Crippen LogP contribution in [0.15, 0.2) is 54.7 Å². The van der Waals surface area contributed by atoms with Crippen LogP contribution in [0.5, 0.6) is 0 Å². The van der Waals surface area contributed by atoms with Crippen LogP contribution in [0, 0.1) is 6.42 Å². The van der Waals surface area contributed by atoms with E-state index in [4.69, 9.17) is 0 Å². The quantitative estimate of drug-likeness (QED) is 0.658. The summed E-state index contributed by atoms with van der Waals surface area (Å²) in [6.07, 6.45) is 4.10. The van der Waals surface area contributed by atoms with Crippen LogP contribution in [0.4, 0.5) is 0 Å². The van der Waals surface area contributed by atoms with Gasteiger partial charge in [0.1, 0.15) is 0 Å². The maximum absolute atomic E-state index is 3.25. The summed E-state index contributed by atoms with van der Waals surface area (Å²) >= 11 is 0.